The summed E-state index contributed by atoms with van der Waals surface area (Å²) in [6.07, 6.45) is 1.57. The Labute approximate surface area is 149 Å². The molecular weight excluding hydrogens is 334 g/mol. The van der Waals surface area contributed by atoms with Crippen molar-refractivity contribution in [3.63, 3.8) is 0 Å². The zero-order chi connectivity index (χ0) is 18.7. The number of aliphatic imine (C=N–C) groups is 1. The summed E-state index contributed by atoms with van der Waals surface area (Å²) in [7, 11) is 1.59. The van der Waals surface area contributed by atoms with Crippen LogP contribution >= 0.6 is 0 Å². The molecule has 0 bridgehead atoms. The van der Waals surface area contributed by atoms with Gasteiger partial charge in [0, 0.05) is 23.4 Å². The Morgan fingerprint density at radius 1 is 1.04 bits per heavy atom. The van der Waals surface area contributed by atoms with Crippen molar-refractivity contribution in [3.05, 3.63) is 48.7 Å². The second kappa shape index (κ2) is 6.98. The fraction of sp³-hybridized carbons (Fsp3) is 0.0556. The Balaban J connectivity index is 2.21. The molecule has 0 amide bonds. The van der Waals surface area contributed by atoms with E-state index in [1.807, 2.05) is 12.1 Å². The van der Waals surface area contributed by atoms with E-state index in [0.29, 0.717) is 22.6 Å². The van der Waals surface area contributed by atoms with Crippen LogP contribution in [0.4, 0.5) is 5.95 Å². The number of guanidine groups is 1. The van der Waals surface area contributed by atoms with Crippen LogP contribution in [0.2, 0.25) is 0 Å². The average molecular weight is 351 g/mol. The highest BCUT2D eigenvalue weighted by Gasteiger charge is 2.15. The predicted molar refractivity (Wildman–Crippen MR) is 98.3 cm³/mol. The summed E-state index contributed by atoms with van der Waals surface area (Å²) < 4.78 is 5.17. The number of phenolic OH excluding ortho intramolecular Hbond substituents is 2. The Kier molecular flexibility index (Phi) is 4.57. The van der Waals surface area contributed by atoms with Gasteiger partial charge in [0.15, 0.2) is 5.96 Å². The summed E-state index contributed by atoms with van der Waals surface area (Å²) in [5.41, 5.74) is 13.1. The average Bonchev–Trinajstić information content (AvgIpc) is 2.61. The maximum absolute atomic E-state index is 10.2. The molecule has 0 aliphatic heterocycles. The first-order valence-corrected chi connectivity index (χ1v) is 7.61. The van der Waals surface area contributed by atoms with Gasteiger partial charge in [0.1, 0.15) is 17.2 Å². The van der Waals surface area contributed by atoms with Gasteiger partial charge in [-0.1, -0.05) is 12.1 Å². The van der Waals surface area contributed by atoms with Crippen molar-refractivity contribution >= 4 is 11.9 Å². The first kappa shape index (κ1) is 17.0. The van der Waals surface area contributed by atoms with Crippen LogP contribution in [0.3, 0.4) is 0 Å². The van der Waals surface area contributed by atoms with E-state index in [0.717, 1.165) is 5.56 Å². The molecule has 26 heavy (non-hydrogen) atoms. The van der Waals surface area contributed by atoms with E-state index < -0.39 is 0 Å². The van der Waals surface area contributed by atoms with E-state index in [2.05, 4.69) is 15.0 Å². The number of methoxy groups -OCH3 is 1. The topological polar surface area (TPSA) is 140 Å². The van der Waals surface area contributed by atoms with Crippen LogP contribution in [-0.4, -0.2) is 33.3 Å². The summed E-state index contributed by atoms with van der Waals surface area (Å²) in [5, 5.41) is 19.8. The largest absolute Gasteiger partial charge is 0.508 e. The van der Waals surface area contributed by atoms with Gasteiger partial charge in [-0.3, -0.25) is 0 Å². The molecule has 0 saturated heterocycles. The van der Waals surface area contributed by atoms with Crippen LogP contribution in [0.1, 0.15) is 0 Å². The van der Waals surface area contributed by atoms with Gasteiger partial charge in [0.2, 0.25) is 0 Å². The lowest BCUT2D eigenvalue weighted by Crippen LogP contribution is -2.22. The molecule has 8 heteroatoms. The quantitative estimate of drug-likeness (QED) is 0.417. The third-order valence-corrected chi connectivity index (χ3v) is 3.64. The first-order chi connectivity index (χ1) is 12.5. The second-order valence-corrected chi connectivity index (χ2v) is 5.40. The number of hydrogen-bond donors (Lipinski definition) is 4. The monoisotopic (exact) mass is 351 g/mol. The standard InChI is InChI=1S/C18H17N5O3/c1-26-12-5-2-10(3-6-12)14-9-21-18(23-17(19)20)22-16(14)13-7-4-11(24)8-15(13)25/h2-9,24-25H,1H3,(H4,19,20,21,22,23). The maximum atomic E-state index is 10.2. The van der Waals surface area contributed by atoms with Crippen molar-refractivity contribution in [2.24, 2.45) is 16.5 Å². The molecule has 0 saturated carbocycles. The minimum atomic E-state index is -0.178. The van der Waals surface area contributed by atoms with E-state index in [1.54, 1.807) is 31.5 Å². The molecule has 0 unspecified atom stereocenters. The number of nitrogens with two attached hydrogens (primary N) is 2. The van der Waals surface area contributed by atoms with Crippen LogP contribution in [0, 0.1) is 0 Å². The highest BCUT2D eigenvalue weighted by atomic mass is 16.5. The second-order valence-electron chi connectivity index (χ2n) is 5.40. The maximum Gasteiger partial charge on any atom is 0.253 e. The highest BCUT2D eigenvalue weighted by Crippen LogP contribution is 2.37. The normalized spacial score (nSPS) is 10.3. The lowest BCUT2D eigenvalue weighted by Gasteiger charge is -2.11. The van der Waals surface area contributed by atoms with Crippen LogP contribution in [0.5, 0.6) is 17.2 Å². The molecule has 0 radical (unpaired) electrons. The number of aromatic nitrogens is 2. The van der Waals surface area contributed by atoms with Crippen molar-refractivity contribution in [1.29, 1.82) is 0 Å². The number of hydrogen-bond acceptors (Lipinski definition) is 6. The Morgan fingerprint density at radius 2 is 1.77 bits per heavy atom. The molecule has 0 spiro atoms. The third kappa shape index (κ3) is 3.48. The summed E-state index contributed by atoms with van der Waals surface area (Å²) in [4.78, 5) is 12.4. The van der Waals surface area contributed by atoms with E-state index in [1.165, 1.54) is 12.1 Å². The number of benzene rings is 2. The minimum Gasteiger partial charge on any atom is -0.508 e. The molecule has 1 heterocycles. The van der Waals surface area contributed by atoms with Crippen molar-refractivity contribution in [3.8, 4) is 39.6 Å². The van der Waals surface area contributed by atoms with Gasteiger partial charge >= 0.3 is 0 Å². The number of aromatic hydroxyl groups is 2. The third-order valence-electron chi connectivity index (χ3n) is 3.64. The van der Waals surface area contributed by atoms with Crippen molar-refractivity contribution < 1.29 is 14.9 Å². The van der Waals surface area contributed by atoms with E-state index in [4.69, 9.17) is 16.2 Å². The molecule has 1 aromatic heterocycles. The number of ether oxygens (including phenoxy) is 1. The summed E-state index contributed by atoms with van der Waals surface area (Å²) in [5.74, 6) is 0.401. The van der Waals surface area contributed by atoms with E-state index in [-0.39, 0.29) is 23.4 Å². The van der Waals surface area contributed by atoms with Gasteiger partial charge in [-0.15, -0.1) is 0 Å². The minimum absolute atomic E-state index is 0.0595. The van der Waals surface area contributed by atoms with Crippen LogP contribution in [-0.2, 0) is 0 Å². The van der Waals surface area contributed by atoms with Crippen molar-refractivity contribution in [2.75, 3.05) is 7.11 Å². The lowest BCUT2D eigenvalue weighted by molar-refractivity contribution is 0.415. The van der Waals surface area contributed by atoms with Crippen LogP contribution in [0.25, 0.3) is 22.4 Å². The molecule has 0 atom stereocenters. The summed E-state index contributed by atoms with van der Waals surface area (Å²) in [6, 6.07) is 11.5. The van der Waals surface area contributed by atoms with E-state index in [9.17, 15) is 10.2 Å². The lowest BCUT2D eigenvalue weighted by atomic mass is 10.00. The first-order valence-electron chi connectivity index (χ1n) is 7.61. The Bertz CT molecular complexity index is 967. The van der Waals surface area contributed by atoms with Crippen molar-refractivity contribution in [1.82, 2.24) is 9.97 Å². The molecule has 6 N–H and O–H groups in total. The van der Waals surface area contributed by atoms with Gasteiger partial charge < -0.3 is 26.4 Å². The van der Waals surface area contributed by atoms with Gasteiger partial charge in [0.25, 0.3) is 5.95 Å². The fourth-order valence-electron chi connectivity index (χ4n) is 2.45. The Hall–Kier alpha value is -3.81. The summed E-state index contributed by atoms with van der Waals surface area (Å²) in [6.45, 7) is 0. The van der Waals surface area contributed by atoms with Crippen LogP contribution in [0.15, 0.2) is 53.7 Å². The molecule has 8 nitrogen and oxygen atoms in total. The molecule has 2 aromatic carbocycles. The van der Waals surface area contributed by atoms with Crippen molar-refractivity contribution in [2.45, 2.75) is 0 Å². The smallest absolute Gasteiger partial charge is 0.253 e. The zero-order valence-corrected chi connectivity index (χ0v) is 13.9. The van der Waals surface area contributed by atoms with Gasteiger partial charge in [0.05, 0.1) is 12.8 Å². The van der Waals surface area contributed by atoms with Gasteiger partial charge in [-0.25, -0.2) is 9.97 Å². The predicted octanol–water partition coefficient (Wildman–Crippen LogP) is 2.14. The molecule has 0 fully saturated rings. The molecular formula is C18H17N5O3. The molecule has 0 aliphatic rings. The molecule has 132 valence electrons. The number of phenols is 2. The zero-order valence-electron chi connectivity index (χ0n) is 13.9. The van der Waals surface area contributed by atoms with E-state index >= 15 is 0 Å². The van der Waals surface area contributed by atoms with Crippen LogP contribution < -0.4 is 16.2 Å². The molecule has 3 rings (SSSR count). The highest BCUT2D eigenvalue weighted by molar-refractivity contribution is 5.84. The fourth-order valence-corrected chi connectivity index (χ4v) is 2.45. The van der Waals surface area contributed by atoms with Gasteiger partial charge in [-0.05, 0) is 29.8 Å². The summed E-state index contributed by atoms with van der Waals surface area (Å²) >= 11 is 0. The Morgan fingerprint density at radius 3 is 2.38 bits per heavy atom. The number of nitrogens with zero attached hydrogens (tertiary/aromatic N) is 3. The van der Waals surface area contributed by atoms with Gasteiger partial charge in [-0.2, -0.15) is 4.99 Å². The molecule has 3 aromatic rings. The molecule has 0 aliphatic carbocycles. The number of rotatable bonds is 4. The SMILES string of the molecule is COc1ccc(-c2cnc(N=C(N)N)nc2-c2ccc(O)cc2O)cc1.